The molecule has 0 N–H and O–H groups in total. The van der Waals surface area contributed by atoms with Gasteiger partial charge in [-0.3, -0.25) is 0 Å². The van der Waals surface area contributed by atoms with Gasteiger partial charge in [-0.15, -0.1) is 23.2 Å². The van der Waals surface area contributed by atoms with Gasteiger partial charge < -0.3 is 0 Å². The first kappa shape index (κ1) is 16.3. The van der Waals surface area contributed by atoms with Crippen LogP contribution < -0.4 is 0 Å². The lowest BCUT2D eigenvalue weighted by Crippen LogP contribution is -2.31. The number of unbranched alkanes of at least 4 members (excludes halogenated alkanes) is 3. The molecule has 18 heavy (non-hydrogen) atoms. The summed E-state index contributed by atoms with van der Waals surface area (Å²) in [5, 5.41) is 0. The van der Waals surface area contributed by atoms with E-state index in [2.05, 4.69) is 41.1 Å². The maximum atomic E-state index is 6.24. The molecule has 1 aromatic rings. The summed E-state index contributed by atoms with van der Waals surface area (Å²) in [5.74, 6) is 1.15. The van der Waals surface area contributed by atoms with Crippen LogP contribution in [0.3, 0.4) is 0 Å². The minimum atomic E-state index is -0.100. The van der Waals surface area contributed by atoms with E-state index in [1.807, 2.05) is 6.07 Å². The summed E-state index contributed by atoms with van der Waals surface area (Å²) in [5.41, 5.74) is 1.14. The van der Waals surface area contributed by atoms with E-state index in [1.165, 1.54) is 31.2 Å². The summed E-state index contributed by atoms with van der Waals surface area (Å²) in [7, 11) is 0. The molecule has 3 heteroatoms. The molecule has 0 aliphatic heterocycles. The third-order valence-electron chi connectivity index (χ3n) is 3.47. The van der Waals surface area contributed by atoms with Crippen molar-refractivity contribution in [1.29, 1.82) is 0 Å². The summed E-state index contributed by atoms with van der Waals surface area (Å²) in [4.78, 5) is 0. The topological polar surface area (TPSA) is 0 Å². The standard InChI is InChI=1S/C15H21BrCl2/c1-2-3-4-7-10-15(11-17,12-18)13-8-5-6-9-14(13)16/h5-6,8-9H,2-4,7,10-12H2,1H3. The van der Waals surface area contributed by atoms with Crippen molar-refractivity contribution in [1.82, 2.24) is 0 Å². The van der Waals surface area contributed by atoms with Crippen LogP contribution in [0.4, 0.5) is 0 Å². The second-order valence-corrected chi connectivity index (χ2v) is 6.23. The minimum absolute atomic E-state index is 0.100. The molecule has 0 radical (unpaired) electrons. The first-order chi connectivity index (χ1) is 8.70. The molecule has 0 unspecified atom stereocenters. The normalized spacial score (nSPS) is 11.8. The Morgan fingerprint density at radius 3 is 2.28 bits per heavy atom. The molecule has 0 saturated carbocycles. The van der Waals surface area contributed by atoms with E-state index in [1.54, 1.807) is 0 Å². The number of benzene rings is 1. The van der Waals surface area contributed by atoms with Crippen molar-refractivity contribution in [3.8, 4) is 0 Å². The number of rotatable bonds is 8. The fourth-order valence-corrected chi connectivity index (χ4v) is 3.78. The van der Waals surface area contributed by atoms with Gasteiger partial charge in [-0.25, -0.2) is 0 Å². The van der Waals surface area contributed by atoms with Crippen LogP contribution in [0.25, 0.3) is 0 Å². The molecule has 0 fully saturated rings. The minimum Gasteiger partial charge on any atom is -0.126 e. The van der Waals surface area contributed by atoms with Gasteiger partial charge in [-0.2, -0.15) is 0 Å². The van der Waals surface area contributed by atoms with Crippen LogP contribution in [-0.2, 0) is 5.41 Å². The molecule has 0 spiro atoms. The highest BCUT2D eigenvalue weighted by Crippen LogP contribution is 2.37. The molecule has 0 amide bonds. The smallest absolute Gasteiger partial charge is 0.0332 e. The van der Waals surface area contributed by atoms with Crippen LogP contribution in [0.5, 0.6) is 0 Å². The Labute approximate surface area is 129 Å². The Morgan fingerprint density at radius 2 is 1.72 bits per heavy atom. The van der Waals surface area contributed by atoms with Gasteiger partial charge in [0.15, 0.2) is 0 Å². The summed E-state index contributed by atoms with van der Waals surface area (Å²) >= 11 is 16.1. The lowest BCUT2D eigenvalue weighted by Gasteiger charge is -2.31. The highest BCUT2D eigenvalue weighted by atomic mass is 79.9. The van der Waals surface area contributed by atoms with Gasteiger partial charge in [0, 0.05) is 21.6 Å². The first-order valence-electron chi connectivity index (χ1n) is 6.57. The fraction of sp³-hybridized carbons (Fsp3) is 0.600. The van der Waals surface area contributed by atoms with Crippen LogP contribution in [0, 0.1) is 0 Å². The second-order valence-electron chi connectivity index (χ2n) is 4.84. The Bertz CT molecular complexity index is 348. The van der Waals surface area contributed by atoms with Gasteiger partial charge in [-0.1, -0.05) is 66.7 Å². The zero-order chi connectivity index (χ0) is 13.4. The van der Waals surface area contributed by atoms with Crippen molar-refractivity contribution in [3.63, 3.8) is 0 Å². The molecule has 0 aliphatic rings. The third-order valence-corrected chi connectivity index (χ3v) is 5.18. The molecule has 1 aromatic carbocycles. The van der Waals surface area contributed by atoms with Crippen molar-refractivity contribution in [2.24, 2.45) is 0 Å². The van der Waals surface area contributed by atoms with Gasteiger partial charge >= 0.3 is 0 Å². The average molecular weight is 352 g/mol. The van der Waals surface area contributed by atoms with E-state index >= 15 is 0 Å². The molecule has 102 valence electrons. The highest BCUT2D eigenvalue weighted by molar-refractivity contribution is 9.10. The van der Waals surface area contributed by atoms with Crippen molar-refractivity contribution in [2.75, 3.05) is 11.8 Å². The Hall–Kier alpha value is 0.280. The van der Waals surface area contributed by atoms with Gasteiger partial charge in [0.2, 0.25) is 0 Å². The van der Waals surface area contributed by atoms with Crippen molar-refractivity contribution in [2.45, 2.75) is 44.4 Å². The molecular weight excluding hydrogens is 331 g/mol. The Balaban J connectivity index is 2.83. The predicted molar refractivity (Wildman–Crippen MR) is 86.0 cm³/mol. The monoisotopic (exact) mass is 350 g/mol. The lowest BCUT2D eigenvalue weighted by molar-refractivity contribution is 0.454. The molecule has 0 heterocycles. The summed E-state index contributed by atoms with van der Waals surface area (Å²) in [6, 6.07) is 8.28. The number of hydrogen-bond acceptors (Lipinski definition) is 0. The molecule has 0 saturated heterocycles. The summed E-state index contributed by atoms with van der Waals surface area (Å²) < 4.78 is 1.11. The predicted octanol–water partition coefficient (Wildman–Crippen LogP) is 6.13. The van der Waals surface area contributed by atoms with Crippen LogP contribution in [0.1, 0.15) is 44.6 Å². The van der Waals surface area contributed by atoms with Gasteiger partial charge in [0.1, 0.15) is 0 Å². The quantitative estimate of drug-likeness (QED) is 0.390. The fourth-order valence-electron chi connectivity index (χ4n) is 2.23. The van der Waals surface area contributed by atoms with Crippen LogP contribution in [-0.4, -0.2) is 11.8 Å². The van der Waals surface area contributed by atoms with E-state index in [4.69, 9.17) is 23.2 Å². The van der Waals surface area contributed by atoms with Gasteiger partial charge in [0.25, 0.3) is 0 Å². The molecule has 0 bridgehead atoms. The lowest BCUT2D eigenvalue weighted by atomic mass is 9.79. The SMILES string of the molecule is CCCCCCC(CCl)(CCl)c1ccccc1Br. The molecular formula is C15H21BrCl2. The van der Waals surface area contributed by atoms with Crippen molar-refractivity contribution < 1.29 is 0 Å². The van der Waals surface area contributed by atoms with Crippen LogP contribution in [0.2, 0.25) is 0 Å². The number of halogens is 3. The Morgan fingerprint density at radius 1 is 1.06 bits per heavy atom. The van der Waals surface area contributed by atoms with E-state index in [0.717, 1.165) is 10.9 Å². The molecule has 1 rings (SSSR count). The van der Waals surface area contributed by atoms with Crippen LogP contribution in [0.15, 0.2) is 28.7 Å². The van der Waals surface area contributed by atoms with Crippen molar-refractivity contribution >= 4 is 39.1 Å². The largest absolute Gasteiger partial charge is 0.126 e. The third kappa shape index (κ3) is 4.15. The average Bonchev–Trinajstić information content (AvgIpc) is 2.41. The van der Waals surface area contributed by atoms with Crippen molar-refractivity contribution in [3.05, 3.63) is 34.3 Å². The zero-order valence-corrected chi connectivity index (χ0v) is 14.0. The van der Waals surface area contributed by atoms with E-state index < -0.39 is 0 Å². The zero-order valence-electron chi connectivity index (χ0n) is 10.9. The van der Waals surface area contributed by atoms with E-state index in [-0.39, 0.29) is 5.41 Å². The summed E-state index contributed by atoms with van der Waals surface area (Å²) in [6.07, 6.45) is 6.05. The second kappa shape index (κ2) is 8.45. The molecule has 0 aliphatic carbocycles. The van der Waals surface area contributed by atoms with E-state index in [0.29, 0.717) is 11.8 Å². The van der Waals surface area contributed by atoms with E-state index in [9.17, 15) is 0 Å². The maximum absolute atomic E-state index is 6.24. The summed E-state index contributed by atoms with van der Waals surface area (Å²) in [6.45, 7) is 2.23. The number of hydrogen-bond donors (Lipinski definition) is 0. The van der Waals surface area contributed by atoms with Gasteiger partial charge in [-0.05, 0) is 18.1 Å². The highest BCUT2D eigenvalue weighted by Gasteiger charge is 2.31. The van der Waals surface area contributed by atoms with Crippen LogP contribution >= 0.6 is 39.1 Å². The molecule has 0 atom stereocenters. The van der Waals surface area contributed by atoms with Gasteiger partial charge in [0.05, 0.1) is 0 Å². The molecule has 0 nitrogen and oxygen atoms in total. The maximum Gasteiger partial charge on any atom is 0.0332 e. The Kier molecular flexibility index (Phi) is 7.67. The first-order valence-corrected chi connectivity index (χ1v) is 8.43. The number of alkyl halides is 2. The molecule has 0 aromatic heterocycles.